The molecular weight excluding hydrogens is 274 g/mol. The second-order valence-corrected chi connectivity index (χ2v) is 5.36. The highest BCUT2D eigenvalue weighted by Gasteiger charge is 2.24. The number of hydrogen-bond donors (Lipinski definition) is 0. The van der Waals surface area contributed by atoms with Crippen molar-refractivity contribution >= 4 is 17.5 Å². The Kier molecular flexibility index (Phi) is 5.62. The van der Waals surface area contributed by atoms with Crippen LogP contribution in [-0.2, 0) is 4.74 Å². The Morgan fingerprint density at radius 1 is 1.45 bits per heavy atom. The molecule has 0 aromatic heterocycles. The number of benzene rings is 1. The van der Waals surface area contributed by atoms with E-state index in [-0.39, 0.29) is 12.0 Å². The van der Waals surface area contributed by atoms with E-state index < -0.39 is 0 Å². The van der Waals surface area contributed by atoms with E-state index in [1.54, 1.807) is 24.3 Å². The molecule has 1 unspecified atom stereocenters. The van der Waals surface area contributed by atoms with Crippen LogP contribution in [0.3, 0.4) is 0 Å². The Hall–Kier alpha value is -1.32. The number of rotatable bonds is 4. The van der Waals surface area contributed by atoms with E-state index in [0.29, 0.717) is 23.7 Å². The molecule has 108 valence electrons. The Bertz CT molecular complexity index is 470. The summed E-state index contributed by atoms with van der Waals surface area (Å²) in [6, 6.07) is 7.04. The molecule has 0 radical (unpaired) electrons. The van der Waals surface area contributed by atoms with Gasteiger partial charge in [0.2, 0.25) is 0 Å². The van der Waals surface area contributed by atoms with Gasteiger partial charge < -0.3 is 9.64 Å². The first-order chi connectivity index (χ1) is 9.70. The van der Waals surface area contributed by atoms with Gasteiger partial charge in [0.25, 0.3) is 5.91 Å². The van der Waals surface area contributed by atoms with Gasteiger partial charge in [-0.15, -0.1) is 0 Å². The van der Waals surface area contributed by atoms with Crippen molar-refractivity contribution in [2.75, 3.05) is 19.7 Å². The Morgan fingerprint density at radius 3 is 2.90 bits per heavy atom. The van der Waals surface area contributed by atoms with Gasteiger partial charge in [0.1, 0.15) is 0 Å². The van der Waals surface area contributed by atoms with Crippen LogP contribution >= 0.6 is 11.6 Å². The maximum Gasteiger partial charge on any atom is 0.253 e. The molecule has 0 aliphatic carbocycles. The molecule has 1 saturated heterocycles. The van der Waals surface area contributed by atoms with Crippen LogP contribution in [0.2, 0.25) is 5.02 Å². The molecule has 0 spiro atoms. The van der Waals surface area contributed by atoms with Crippen LogP contribution in [-0.4, -0.2) is 36.6 Å². The summed E-state index contributed by atoms with van der Waals surface area (Å²) in [7, 11) is 0. The molecule has 1 atom stereocenters. The third kappa shape index (κ3) is 4.09. The molecule has 2 rings (SSSR count). The van der Waals surface area contributed by atoms with Gasteiger partial charge in [0.15, 0.2) is 0 Å². The van der Waals surface area contributed by atoms with Crippen molar-refractivity contribution in [1.82, 2.24) is 4.90 Å². The smallest absolute Gasteiger partial charge is 0.253 e. The number of allylic oxidation sites excluding steroid dienone is 1. The molecule has 0 saturated carbocycles. The molecule has 0 bridgehead atoms. The number of piperidine rings is 1. The average Bonchev–Trinajstić information content (AvgIpc) is 2.48. The largest absolute Gasteiger partial charge is 0.372 e. The monoisotopic (exact) mass is 293 g/mol. The van der Waals surface area contributed by atoms with Gasteiger partial charge in [0.05, 0.1) is 12.7 Å². The highest BCUT2D eigenvalue weighted by atomic mass is 35.5. The zero-order chi connectivity index (χ0) is 14.4. The molecule has 1 aromatic rings. The van der Waals surface area contributed by atoms with Gasteiger partial charge in [-0.3, -0.25) is 4.79 Å². The Balaban J connectivity index is 1.94. The third-order valence-electron chi connectivity index (χ3n) is 3.42. The highest BCUT2D eigenvalue weighted by molar-refractivity contribution is 6.30. The molecule has 3 nitrogen and oxygen atoms in total. The summed E-state index contributed by atoms with van der Waals surface area (Å²) >= 11 is 5.84. The molecule has 0 N–H and O–H groups in total. The second kappa shape index (κ2) is 7.46. The normalized spacial score (nSPS) is 19.5. The number of halogens is 1. The van der Waals surface area contributed by atoms with Crippen LogP contribution in [0.1, 0.15) is 30.1 Å². The molecule has 1 heterocycles. The maximum absolute atomic E-state index is 12.4. The maximum atomic E-state index is 12.4. The van der Waals surface area contributed by atoms with E-state index >= 15 is 0 Å². The average molecular weight is 294 g/mol. The molecule has 20 heavy (non-hydrogen) atoms. The van der Waals surface area contributed by atoms with Crippen LogP contribution in [0.25, 0.3) is 0 Å². The fraction of sp³-hybridized carbons (Fsp3) is 0.438. The summed E-state index contributed by atoms with van der Waals surface area (Å²) in [4.78, 5) is 14.3. The fourth-order valence-corrected chi connectivity index (χ4v) is 2.45. The van der Waals surface area contributed by atoms with E-state index in [1.807, 2.05) is 24.0 Å². The molecule has 1 aliphatic rings. The number of carbonyl (C=O) groups is 1. The number of amides is 1. The summed E-state index contributed by atoms with van der Waals surface area (Å²) in [6.07, 6.45) is 6.09. The van der Waals surface area contributed by atoms with Crippen LogP contribution < -0.4 is 0 Å². The summed E-state index contributed by atoms with van der Waals surface area (Å²) in [6.45, 7) is 4.05. The summed E-state index contributed by atoms with van der Waals surface area (Å²) < 4.78 is 5.76. The van der Waals surface area contributed by atoms with Crippen LogP contribution in [0.4, 0.5) is 0 Å². The van der Waals surface area contributed by atoms with Crippen molar-refractivity contribution in [2.45, 2.75) is 25.9 Å². The van der Waals surface area contributed by atoms with E-state index in [9.17, 15) is 4.79 Å². The van der Waals surface area contributed by atoms with Crippen molar-refractivity contribution in [3.8, 4) is 0 Å². The first-order valence-electron chi connectivity index (χ1n) is 6.98. The quantitative estimate of drug-likeness (QED) is 0.795. The zero-order valence-electron chi connectivity index (χ0n) is 11.7. The third-order valence-corrected chi connectivity index (χ3v) is 3.67. The number of ether oxygens (including phenoxy) is 1. The molecule has 1 amide bonds. The summed E-state index contributed by atoms with van der Waals surface area (Å²) in [5.74, 6) is 0.0565. The number of nitrogens with zero attached hydrogens (tertiary/aromatic N) is 1. The minimum absolute atomic E-state index is 0.0565. The molecule has 1 aromatic carbocycles. The van der Waals surface area contributed by atoms with Gasteiger partial charge in [0, 0.05) is 23.7 Å². The lowest BCUT2D eigenvalue weighted by Crippen LogP contribution is -2.43. The SMILES string of the molecule is C/C=C\COC1CCCN(C(=O)c2ccc(Cl)cc2)C1. The lowest BCUT2D eigenvalue weighted by atomic mass is 10.1. The zero-order valence-corrected chi connectivity index (χ0v) is 12.5. The van der Waals surface area contributed by atoms with E-state index in [0.717, 1.165) is 19.4 Å². The van der Waals surface area contributed by atoms with Crippen LogP contribution in [0.5, 0.6) is 0 Å². The van der Waals surface area contributed by atoms with E-state index in [2.05, 4.69) is 0 Å². The highest BCUT2D eigenvalue weighted by Crippen LogP contribution is 2.17. The summed E-state index contributed by atoms with van der Waals surface area (Å²) in [5.41, 5.74) is 0.684. The van der Waals surface area contributed by atoms with Gasteiger partial charge in [-0.25, -0.2) is 0 Å². The minimum atomic E-state index is 0.0565. The van der Waals surface area contributed by atoms with Crippen molar-refractivity contribution in [3.05, 3.63) is 47.0 Å². The van der Waals surface area contributed by atoms with Crippen molar-refractivity contribution < 1.29 is 9.53 Å². The Labute approximate surface area is 125 Å². The molecule has 1 fully saturated rings. The van der Waals surface area contributed by atoms with Gasteiger partial charge in [-0.1, -0.05) is 23.8 Å². The van der Waals surface area contributed by atoms with Gasteiger partial charge >= 0.3 is 0 Å². The van der Waals surface area contributed by atoms with Crippen molar-refractivity contribution in [2.24, 2.45) is 0 Å². The first kappa shape index (κ1) is 15.1. The second-order valence-electron chi connectivity index (χ2n) is 4.92. The first-order valence-corrected chi connectivity index (χ1v) is 7.36. The number of likely N-dealkylation sites (tertiary alicyclic amines) is 1. The van der Waals surface area contributed by atoms with E-state index in [4.69, 9.17) is 16.3 Å². The minimum Gasteiger partial charge on any atom is -0.372 e. The Morgan fingerprint density at radius 2 is 2.20 bits per heavy atom. The van der Waals surface area contributed by atoms with Gasteiger partial charge in [-0.05, 0) is 44.0 Å². The van der Waals surface area contributed by atoms with Gasteiger partial charge in [-0.2, -0.15) is 0 Å². The molecule has 1 aliphatic heterocycles. The standard InChI is InChI=1S/C16H20ClNO2/c1-2-3-11-20-15-5-4-10-18(12-15)16(19)13-6-8-14(17)9-7-13/h2-3,6-9,15H,4-5,10-12H2,1H3/b3-2-. The van der Waals surface area contributed by atoms with Crippen LogP contribution in [0, 0.1) is 0 Å². The van der Waals surface area contributed by atoms with E-state index in [1.165, 1.54) is 0 Å². The predicted molar refractivity (Wildman–Crippen MR) is 81.1 cm³/mol. The lowest BCUT2D eigenvalue weighted by Gasteiger charge is -2.32. The molecule has 4 heteroatoms. The number of carbonyl (C=O) groups excluding carboxylic acids is 1. The molecular formula is C16H20ClNO2. The predicted octanol–water partition coefficient (Wildman–Crippen LogP) is 3.54. The summed E-state index contributed by atoms with van der Waals surface area (Å²) in [5, 5.41) is 0.646. The fourth-order valence-electron chi connectivity index (χ4n) is 2.32. The van der Waals surface area contributed by atoms with Crippen molar-refractivity contribution in [1.29, 1.82) is 0 Å². The van der Waals surface area contributed by atoms with Crippen molar-refractivity contribution in [3.63, 3.8) is 0 Å². The topological polar surface area (TPSA) is 29.5 Å². The lowest BCUT2D eigenvalue weighted by molar-refractivity contribution is 0.0133. The number of hydrogen-bond acceptors (Lipinski definition) is 2. The van der Waals surface area contributed by atoms with Crippen LogP contribution in [0.15, 0.2) is 36.4 Å².